The third-order valence-corrected chi connectivity index (χ3v) is 1.91. The monoisotopic (exact) mass is 226 g/mol. The van der Waals surface area contributed by atoms with E-state index in [0.29, 0.717) is 6.42 Å². The fourth-order valence-corrected chi connectivity index (χ4v) is 1.13. The predicted molar refractivity (Wildman–Crippen MR) is 60.8 cm³/mol. The Hall–Kier alpha value is -1.70. The number of hydrogen-bond acceptors (Lipinski definition) is 2. The van der Waals surface area contributed by atoms with Gasteiger partial charge in [0, 0.05) is 0 Å². The van der Waals surface area contributed by atoms with Gasteiger partial charge in [-0.05, 0) is 19.3 Å². The van der Waals surface area contributed by atoms with Crippen LogP contribution in [0.25, 0.3) is 0 Å². The molecule has 2 amide bonds. The molecular formula is C11H18N2O3. The molecule has 0 fully saturated rings. The highest BCUT2D eigenvalue weighted by Gasteiger charge is 2.21. The molecule has 0 aromatic heterocycles. The summed E-state index contributed by atoms with van der Waals surface area (Å²) in [6, 6.07) is -1.86. The summed E-state index contributed by atoms with van der Waals surface area (Å²) in [5, 5.41) is 13.7. The molecule has 5 nitrogen and oxygen atoms in total. The first-order valence-corrected chi connectivity index (χ1v) is 5.12. The average molecular weight is 226 g/mol. The van der Waals surface area contributed by atoms with Crippen LogP contribution in [0.1, 0.15) is 27.2 Å². The van der Waals surface area contributed by atoms with Gasteiger partial charge in [0.1, 0.15) is 6.04 Å². The van der Waals surface area contributed by atoms with Crippen molar-refractivity contribution in [3.05, 3.63) is 0 Å². The molecule has 0 heterocycles. The summed E-state index contributed by atoms with van der Waals surface area (Å²) in [7, 11) is 0. The maximum absolute atomic E-state index is 11.3. The number of carboxylic acids is 1. The number of urea groups is 1. The van der Waals surface area contributed by atoms with E-state index in [1.165, 1.54) is 0 Å². The van der Waals surface area contributed by atoms with E-state index in [1.54, 1.807) is 6.92 Å². The maximum atomic E-state index is 11.3. The van der Waals surface area contributed by atoms with Crippen molar-refractivity contribution >= 4 is 12.0 Å². The Balaban J connectivity index is 4.25. The normalized spacial score (nSPS) is 13.7. The minimum Gasteiger partial charge on any atom is -0.480 e. The molecule has 3 N–H and O–H groups in total. The van der Waals surface area contributed by atoms with Gasteiger partial charge in [0.05, 0.1) is 6.04 Å². The first-order chi connectivity index (χ1) is 7.36. The summed E-state index contributed by atoms with van der Waals surface area (Å²) in [5.74, 6) is 1.46. The smallest absolute Gasteiger partial charge is 0.326 e. The standard InChI is InChI=1S/C11H18N2O3/c1-5-8(4)12-11(16)13-9(10(14)15)6-7(2)3/h1,7-9H,6H2,2-4H3,(H,14,15)(H2,12,13,16)/t8?,9-/m0/s1. The van der Waals surface area contributed by atoms with E-state index in [-0.39, 0.29) is 5.92 Å². The number of carbonyl (C=O) groups is 2. The van der Waals surface area contributed by atoms with Crippen LogP contribution in [-0.2, 0) is 4.79 Å². The Morgan fingerprint density at radius 3 is 2.25 bits per heavy atom. The van der Waals surface area contributed by atoms with Crippen molar-refractivity contribution < 1.29 is 14.7 Å². The van der Waals surface area contributed by atoms with E-state index in [9.17, 15) is 9.59 Å². The van der Waals surface area contributed by atoms with Gasteiger partial charge in [-0.15, -0.1) is 6.42 Å². The van der Waals surface area contributed by atoms with Crippen molar-refractivity contribution in [2.45, 2.75) is 39.3 Å². The van der Waals surface area contributed by atoms with Gasteiger partial charge in [-0.2, -0.15) is 0 Å². The molecule has 90 valence electrons. The van der Waals surface area contributed by atoms with Crippen LogP contribution in [-0.4, -0.2) is 29.2 Å². The summed E-state index contributed by atoms with van der Waals surface area (Å²) in [6.07, 6.45) is 5.46. The minimum absolute atomic E-state index is 0.187. The lowest BCUT2D eigenvalue weighted by Crippen LogP contribution is -2.48. The molecule has 0 saturated heterocycles. The maximum Gasteiger partial charge on any atom is 0.326 e. The molecule has 0 saturated carbocycles. The van der Waals surface area contributed by atoms with Crippen molar-refractivity contribution in [2.75, 3.05) is 0 Å². The molecule has 0 aliphatic rings. The van der Waals surface area contributed by atoms with Crippen molar-refractivity contribution in [3.63, 3.8) is 0 Å². The number of amides is 2. The van der Waals surface area contributed by atoms with Crippen LogP contribution < -0.4 is 10.6 Å². The largest absolute Gasteiger partial charge is 0.480 e. The van der Waals surface area contributed by atoms with E-state index in [2.05, 4.69) is 16.6 Å². The molecule has 0 aliphatic carbocycles. The van der Waals surface area contributed by atoms with E-state index in [1.807, 2.05) is 13.8 Å². The summed E-state index contributed by atoms with van der Waals surface area (Å²) in [6.45, 7) is 5.41. The lowest BCUT2D eigenvalue weighted by molar-refractivity contribution is -0.139. The Bertz CT molecular complexity index is 294. The Morgan fingerprint density at radius 2 is 1.88 bits per heavy atom. The molecule has 0 bridgehead atoms. The Morgan fingerprint density at radius 1 is 1.31 bits per heavy atom. The number of hydrogen-bond donors (Lipinski definition) is 3. The molecule has 0 spiro atoms. The number of aliphatic carboxylic acids is 1. The van der Waals surface area contributed by atoms with Gasteiger partial charge < -0.3 is 15.7 Å². The Kier molecular flexibility index (Phi) is 6.01. The highest BCUT2D eigenvalue weighted by Crippen LogP contribution is 2.04. The first-order valence-electron chi connectivity index (χ1n) is 5.12. The number of rotatable bonds is 5. The van der Waals surface area contributed by atoms with Crippen LogP contribution >= 0.6 is 0 Å². The van der Waals surface area contributed by atoms with Gasteiger partial charge in [-0.25, -0.2) is 9.59 Å². The van der Waals surface area contributed by atoms with Gasteiger partial charge in [0.2, 0.25) is 0 Å². The lowest BCUT2D eigenvalue weighted by Gasteiger charge is -2.17. The third kappa shape index (κ3) is 5.91. The zero-order valence-electron chi connectivity index (χ0n) is 9.78. The van der Waals surface area contributed by atoms with Crippen LogP contribution in [0, 0.1) is 18.3 Å². The minimum atomic E-state index is -1.04. The molecule has 0 aromatic rings. The number of carbonyl (C=O) groups excluding carboxylic acids is 1. The van der Waals surface area contributed by atoms with E-state index >= 15 is 0 Å². The second-order valence-corrected chi connectivity index (χ2v) is 4.03. The second kappa shape index (κ2) is 6.72. The second-order valence-electron chi connectivity index (χ2n) is 4.03. The van der Waals surface area contributed by atoms with E-state index in [4.69, 9.17) is 11.5 Å². The van der Waals surface area contributed by atoms with Crippen LogP contribution in [0.2, 0.25) is 0 Å². The predicted octanol–water partition coefficient (Wildman–Crippen LogP) is 0.807. The van der Waals surface area contributed by atoms with Gasteiger partial charge in [0.25, 0.3) is 0 Å². The molecule has 5 heteroatoms. The third-order valence-electron chi connectivity index (χ3n) is 1.91. The van der Waals surface area contributed by atoms with Crippen molar-refractivity contribution in [2.24, 2.45) is 5.92 Å². The first kappa shape index (κ1) is 14.3. The van der Waals surface area contributed by atoms with Crippen LogP contribution in [0.3, 0.4) is 0 Å². The van der Waals surface area contributed by atoms with Crippen molar-refractivity contribution in [1.82, 2.24) is 10.6 Å². The highest BCUT2D eigenvalue weighted by atomic mass is 16.4. The zero-order chi connectivity index (χ0) is 12.7. The molecule has 1 unspecified atom stereocenters. The summed E-state index contributed by atoms with van der Waals surface area (Å²) < 4.78 is 0. The van der Waals surface area contributed by atoms with Gasteiger partial charge >= 0.3 is 12.0 Å². The highest BCUT2D eigenvalue weighted by molar-refractivity contribution is 5.82. The van der Waals surface area contributed by atoms with Crippen LogP contribution in [0.5, 0.6) is 0 Å². The van der Waals surface area contributed by atoms with Crippen molar-refractivity contribution in [3.8, 4) is 12.3 Å². The molecule has 0 aliphatic heterocycles. The fraction of sp³-hybridized carbons (Fsp3) is 0.636. The van der Waals surface area contributed by atoms with E-state index in [0.717, 1.165) is 0 Å². The summed E-state index contributed by atoms with van der Waals surface area (Å²) in [4.78, 5) is 22.2. The van der Waals surface area contributed by atoms with Gasteiger partial charge in [-0.3, -0.25) is 0 Å². The number of terminal acetylenes is 1. The molecule has 0 radical (unpaired) electrons. The van der Waals surface area contributed by atoms with Crippen LogP contribution in [0.4, 0.5) is 4.79 Å². The molecule has 0 aromatic carbocycles. The Labute approximate surface area is 95.6 Å². The summed E-state index contributed by atoms with van der Waals surface area (Å²) >= 11 is 0. The zero-order valence-corrected chi connectivity index (χ0v) is 9.78. The average Bonchev–Trinajstić information content (AvgIpc) is 2.15. The molecular weight excluding hydrogens is 208 g/mol. The van der Waals surface area contributed by atoms with Gasteiger partial charge in [0.15, 0.2) is 0 Å². The molecule has 2 atom stereocenters. The number of carboxylic acid groups (broad SMARTS) is 1. The van der Waals surface area contributed by atoms with Gasteiger partial charge in [-0.1, -0.05) is 19.8 Å². The molecule has 16 heavy (non-hydrogen) atoms. The topological polar surface area (TPSA) is 78.4 Å². The van der Waals surface area contributed by atoms with Crippen molar-refractivity contribution in [1.29, 1.82) is 0 Å². The lowest BCUT2D eigenvalue weighted by atomic mass is 10.0. The fourth-order valence-electron chi connectivity index (χ4n) is 1.13. The summed E-state index contributed by atoms with van der Waals surface area (Å²) in [5.41, 5.74) is 0. The SMILES string of the molecule is C#CC(C)NC(=O)N[C@@H](CC(C)C)C(=O)O. The quantitative estimate of drug-likeness (QED) is 0.607. The molecule has 0 rings (SSSR count). The van der Waals surface area contributed by atoms with Crippen LogP contribution in [0.15, 0.2) is 0 Å². The number of nitrogens with one attached hydrogen (secondary N) is 2. The van der Waals surface area contributed by atoms with E-state index < -0.39 is 24.1 Å².